The summed E-state index contributed by atoms with van der Waals surface area (Å²) >= 11 is 0. The van der Waals surface area contributed by atoms with E-state index in [1.54, 1.807) is 13.8 Å². The third-order valence-corrected chi connectivity index (χ3v) is 2.00. The van der Waals surface area contributed by atoms with Crippen LogP contribution < -0.4 is 10.6 Å². The summed E-state index contributed by atoms with van der Waals surface area (Å²) in [6.45, 7) is 3.19. The molecular formula is C11H15N3O4. The van der Waals surface area contributed by atoms with Crippen LogP contribution in [0.4, 0.5) is 16.2 Å². The van der Waals surface area contributed by atoms with Crippen molar-refractivity contribution in [2.45, 2.75) is 19.4 Å². The number of rotatable bonds is 4. The molecule has 0 aliphatic heterocycles. The number of aliphatic hydroxyl groups is 1. The minimum atomic E-state index is -1.01. The number of urea groups is 1. The van der Waals surface area contributed by atoms with E-state index in [9.17, 15) is 20.0 Å². The number of benzene rings is 1. The summed E-state index contributed by atoms with van der Waals surface area (Å²) in [5.41, 5.74) is -0.798. The molecule has 0 radical (unpaired) electrons. The number of nitro benzene ring substituents is 1. The Hall–Kier alpha value is -2.15. The molecule has 18 heavy (non-hydrogen) atoms. The zero-order chi connectivity index (χ0) is 13.8. The van der Waals surface area contributed by atoms with Crippen LogP contribution in [0.3, 0.4) is 0 Å². The molecule has 0 fully saturated rings. The molecule has 1 aromatic rings. The van der Waals surface area contributed by atoms with Gasteiger partial charge < -0.3 is 15.7 Å². The van der Waals surface area contributed by atoms with Gasteiger partial charge in [0.2, 0.25) is 0 Å². The van der Waals surface area contributed by atoms with Gasteiger partial charge in [-0.15, -0.1) is 0 Å². The highest BCUT2D eigenvalue weighted by molar-refractivity contribution is 5.89. The molecule has 0 aliphatic rings. The Labute approximate surface area is 104 Å². The third kappa shape index (κ3) is 4.79. The number of nitro groups is 1. The molecule has 0 saturated carbocycles. The summed E-state index contributed by atoms with van der Waals surface area (Å²) in [5, 5.41) is 24.9. The molecule has 98 valence electrons. The van der Waals surface area contributed by atoms with Crippen LogP contribution >= 0.6 is 0 Å². The van der Waals surface area contributed by atoms with Crippen molar-refractivity contribution >= 4 is 17.4 Å². The first-order chi connectivity index (χ1) is 8.28. The number of hydrogen-bond donors (Lipinski definition) is 3. The summed E-state index contributed by atoms with van der Waals surface area (Å²) in [6, 6.07) is 5.07. The molecule has 0 atom stereocenters. The molecule has 0 spiro atoms. The van der Waals surface area contributed by atoms with Crippen molar-refractivity contribution in [2.75, 3.05) is 11.9 Å². The Morgan fingerprint density at radius 1 is 1.50 bits per heavy atom. The van der Waals surface area contributed by atoms with E-state index >= 15 is 0 Å². The predicted molar refractivity (Wildman–Crippen MR) is 66.4 cm³/mol. The lowest BCUT2D eigenvalue weighted by molar-refractivity contribution is -0.384. The highest BCUT2D eigenvalue weighted by atomic mass is 16.6. The Morgan fingerprint density at radius 2 is 2.17 bits per heavy atom. The second kappa shape index (κ2) is 5.46. The van der Waals surface area contributed by atoms with E-state index < -0.39 is 16.6 Å². The van der Waals surface area contributed by atoms with Crippen LogP contribution in [-0.2, 0) is 0 Å². The molecule has 0 aromatic heterocycles. The van der Waals surface area contributed by atoms with E-state index in [2.05, 4.69) is 10.6 Å². The van der Waals surface area contributed by atoms with E-state index in [1.807, 2.05) is 0 Å². The maximum absolute atomic E-state index is 11.4. The molecule has 7 heteroatoms. The van der Waals surface area contributed by atoms with Crippen LogP contribution in [-0.4, -0.2) is 28.2 Å². The van der Waals surface area contributed by atoms with E-state index in [0.29, 0.717) is 5.69 Å². The van der Waals surface area contributed by atoms with Crippen molar-refractivity contribution in [1.82, 2.24) is 5.32 Å². The lowest BCUT2D eigenvalue weighted by atomic mass is 10.1. The molecule has 1 aromatic carbocycles. The third-order valence-electron chi connectivity index (χ3n) is 2.00. The van der Waals surface area contributed by atoms with Crippen molar-refractivity contribution in [2.24, 2.45) is 0 Å². The van der Waals surface area contributed by atoms with E-state index in [1.165, 1.54) is 24.3 Å². The molecule has 0 aliphatic carbocycles. The zero-order valence-corrected chi connectivity index (χ0v) is 10.1. The summed E-state index contributed by atoms with van der Waals surface area (Å²) in [7, 11) is 0. The van der Waals surface area contributed by atoms with E-state index in [4.69, 9.17) is 0 Å². The standard InChI is InChI=1S/C11H15N3O4/c1-11(2,16)7-12-10(15)13-8-4-3-5-9(6-8)14(17)18/h3-6,16H,7H2,1-2H3,(H2,12,13,15). The molecule has 1 rings (SSSR count). The summed E-state index contributed by atoms with van der Waals surface area (Å²) in [6.07, 6.45) is 0. The zero-order valence-electron chi connectivity index (χ0n) is 10.1. The molecule has 0 saturated heterocycles. The lowest BCUT2D eigenvalue weighted by Crippen LogP contribution is -2.40. The fourth-order valence-electron chi connectivity index (χ4n) is 1.17. The topological polar surface area (TPSA) is 104 Å². The van der Waals surface area contributed by atoms with Crippen molar-refractivity contribution in [1.29, 1.82) is 0 Å². The van der Waals surface area contributed by atoms with Gasteiger partial charge in [0, 0.05) is 24.4 Å². The number of nitrogens with one attached hydrogen (secondary N) is 2. The molecular weight excluding hydrogens is 238 g/mol. The Balaban J connectivity index is 2.59. The number of amides is 2. The maximum Gasteiger partial charge on any atom is 0.319 e. The molecule has 0 bridgehead atoms. The van der Waals surface area contributed by atoms with Crippen molar-refractivity contribution in [3.8, 4) is 0 Å². The van der Waals surface area contributed by atoms with Gasteiger partial charge in [0.25, 0.3) is 5.69 Å². The fourth-order valence-corrected chi connectivity index (χ4v) is 1.17. The Kier molecular flexibility index (Phi) is 4.22. The monoisotopic (exact) mass is 253 g/mol. The fraction of sp³-hybridized carbons (Fsp3) is 0.364. The van der Waals surface area contributed by atoms with Crippen LogP contribution in [0, 0.1) is 10.1 Å². The second-order valence-electron chi connectivity index (χ2n) is 4.43. The van der Waals surface area contributed by atoms with Crippen LogP contribution in [0.5, 0.6) is 0 Å². The number of nitrogens with zero attached hydrogens (tertiary/aromatic N) is 1. The van der Waals surface area contributed by atoms with Gasteiger partial charge in [0.15, 0.2) is 0 Å². The SMILES string of the molecule is CC(C)(O)CNC(=O)Nc1cccc([N+](=O)[O-])c1. The van der Waals surface area contributed by atoms with Crippen molar-refractivity contribution in [3.05, 3.63) is 34.4 Å². The van der Waals surface area contributed by atoms with Gasteiger partial charge in [-0.2, -0.15) is 0 Å². The minimum Gasteiger partial charge on any atom is -0.389 e. The molecule has 0 heterocycles. The first kappa shape index (κ1) is 13.9. The lowest BCUT2D eigenvalue weighted by Gasteiger charge is -2.17. The minimum absolute atomic E-state index is 0.0771. The molecule has 3 N–H and O–H groups in total. The number of anilines is 1. The quantitative estimate of drug-likeness (QED) is 0.558. The van der Waals surface area contributed by atoms with Gasteiger partial charge in [-0.3, -0.25) is 10.1 Å². The van der Waals surface area contributed by atoms with E-state index in [-0.39, 0.29) is 12.2 Å². The Bertz CT molecular complexity index is 454. The van der Waals surface area contributed by atoms with Crippen molar-refractivity contribution in [3.63, 3.8) is 0 Å². The van der Waals surface area contributed by atoms with Crippen LogP contribution in [0.15, 0.2) is 24.3 Å². The average molecular weight is 253 g/mol. The van der Waals surface area contributed by atoms with Gasteiger partial charge in [-0.25, -0.2) is 4.79 Å². The van der Waals surface area contributed by atoms with Gasteiger partial charge in [0.05, 0.1) is 10.5 Å². The maximum atomic E-state index is 11.4. The highest BCUT2D eigenvalue weighted by Gasteiger charge is 2.14. The molecule has 7 nitrogen and oxygen atoms in total. The van der Waals surface area contributed by atoms with Gasteiger partial charge >= 0.3 is 6.03 Å². The van der Waals surface area contributed by atoms with Crippen molar-refractivity contribution < 1.29 is 14.8 Å². The first-order valence-electron chi connectivity index (χ1n) is 5.29. The van der Waals surface area contributed by atoms with Gasteiger partial charge in [-0.1, -0.05) is 6.07 Å². The number of hydrogen-bond acceptors (Lipinski definition) is 4. The van der Waals surface area contributed by atoms with Crippen LogP contribution in [0.25, 0.3) is 0 Å². The Morgan fingerprint density at radius 3 is 2.72 bits per heavy atom. The predicted octanol–water partition coefficient (Wildman–Crippen LogP) is 1.49. The summed E-state index contributed by atoms with van der Waals surface area (Å²) in [5.74, 6) is 0. The average Bonchev–Trinajstić information content (AvgIpc) is 2.26. The number of non-ortho nitro benzene ring substituents is 1. The number of carbonyl (C=O) groups excluding carboxylic acids is 1. The highest BCUT2D eigenvalue weighted by Crippen LogP contribution is 2.16. The van der Waals surface area contributed by atoms with Crippen LogP contribution in [0.2, 0.25) is 0 Å². The summed E-state index contributed by atoms with van der Waals surface area (Å²) in [4.78, 5) is 21.4. The molecule has 0 unspecified atom stereocenters. The first-order valence-corrected chi connectivity index (χ1v) is 5.29. The van der Waals surface area contributed by atoms with Gasteiger partial charge in [0.1, 0.15) is 0 Å². The smallest absolute Gasteiger partial charge is 0.319 e. The van der Waals surface area contributed by atoms with Gasteiger partial charge in [-0.05, 0) is 19.9 Å². The number of carbonyl (C=O) groups is 1. The normalized spacial score (nSPS) is 10.8. The largest absolute Gasteiger partial charge is 0.389 e. The molecule has 2 amide bonds. The van der Waals surface area contributed by atoms with E-state index in [0.717, 1.165) is 0 Å². The van der Waals surface area contributed by atoms with Crippen LogP contribution in [0.1, 0.15) is 13.8 Å². The summed E-state index contributed by atoms with van der Waals surface area (Å²) < 4.78 is 0. The second-order valence-corrected chi connectivity index (χ2v) is 4.43.